The van der Waals surface area contributed by atoms with Crippen molar-refractivity contribution in [1.82, 2.24) is 46.3 Å². The van der Waals surface area contributed by atoms with E-state index in [1.54, 1.807) is 54.9 Å². The Labute approximate surface area is 746 Å². The Morgan fingerprint density at radius 2 is 0.889 bits per heavy atom. The van der Waals surface area contributed by atoms with Gasteiger partial charge in [-0.2, -0.15) is 0 Å². The lowest BCUT2D eigenvalue weighted by Crippen LogP contribution is -2.75. The summed E-state index contributed by atoms with van der Waals surface area (Å²) < 4.78 is 59.7. The molecule has 10 aromatic rings. The van der Waals surface area contributed by atoms with Crippen molar-refractivity contribution in [3.8, 4) is 45.8 Å². The van der Waals surface area contributed by atoms with Crippen LogP contribution in [0.1, 0.15) is 194 Å². The van der Waals surface area contributed by atoms with E-state index in [9.17, 15) is 42.3 Å². The summed E-state index contributed by atoms with van der Waals surface area (Å²) in [6, 6.07) is 45.5. The first kappa shape index (κ1) is 86.9. The van der Waals surface area contributed by atoms with Crippen molar-refractivity contribution in [2.24, 2.45) is 21.7 Å². The van der Waals surface area contributed by atoms with Gasteiger partial charge in [0.1, 0.15) is 60.8 Å². The topological polar surface area (TPSA) is 320 Å². The molecule has 654 valence electrons. The van der Waals surface area contributed by atoms with E-state index in [2.05, 4.69) is 56.9 Å². The lowest BCUT2D eigenvalue weighted by atomic mass is 9.38. The summed E-state index contributed by atoms with van der Waals surface area (Å²) in [5, 5.41) is 30.6. The zero-order valence-corrected chi connectivity index (χ0v) is 73.1. The van der Waals surface area contributed by atoms with Gasteiger partial charge in [0.15, 0.2) is 34.7 Å². The van der Waals surface area contributed by atoms with Gasteiger partial charge < -0.3 is 54.5 Å². The van der Waals surface area contributed by atoms with Crippen molar-refractivity contribution >= 4 is 99.1 Å². The van der Waals surface area contributed by atoms with Gasteiger partial charge in [0.25, 0.3) is 23.6 Å². The number of halogens is 6. The van der Waals surface area contributed by atoms with Gasteiger partial charge in [0.05, 0.1) is 11.9 Å². The molecule has 0 unspecified atom stereocenters. The van der Waals surface area contributed by atoms with E-state index in [4.69, 9.17) is 74.3 Å². The predicted octanol–water partition coefficient (Wildman–Crippen LogP) is 19.0. The average Bonchev–Trinajstić information content (AvgIpc) is 0.981. The second kappa shape index (κ2) is 34.5. The highest BCUT2D eigenvalue weighted by Crippen LogP contribution is 2.72. The number of pyridine rings is 1. The van der Waals surface area contributed by atoms with Crippen molar-refractivity contribution < 1.29 is 70.2 Å². The van der Waals surface area contributed by atoms with Crippen LogP contribution in [0, 0.1) is 49.4 Å². The van der Waals surface area contributed by atoms with Crippen molar-refractivity contribution in [2.45, 2.75) is 196 Å². The number of nitrogens with one attached hydrogen (secondary N) is 5. The maximum atomic E-state index is 13.0. The number of rotatable bonds is 33. The molecule has 4 heterocycles. The minimum absolute atomic E-state index is 0.00633. The van der Waals surface area contributed by atoms with Gasteiger partial charge in [-0.05, 0) is 272 Å². The summed E-state index contributed by atoms with van der Waals surface area (Å²) in [4.78, 5) is 99.9. The molecule has 14 saturated carbocycles. The van der Waals surface area contributed by atoms with Crippen LogP contribution in [0.4, 0.5) is 20.6 Å². The second-order valence-corrected chi connectivity index (χ2v) is 39.0. The summed E-state index contributed by atoms with van der Waals surface area (Å²) in [5.74, 6) is 1.74. The fraction of sp³-hybridized carbons (Fsp3) is 0.406. The van der Waals surface area contributed by atoms with E-state index in [1.165, 1.54) is 29.5 Å². The minimum atomic E-state index is -2.73. The van der Waals surface area contributed by atoms with Gasteiger partial charge in [0.2, 0.25) is 5.89 Å². The molecule has 24 nitrogen and oxygen atoms in total. The van der Waals surface area contributed by atoms with E-state index in [-0.39, 0.29) is 123 Å². The SMILES string of the molecule is Cc1cc(OCC(=O)CC23CC(NC(=O)c4cc(C(=O)NC5CC(F)(F)C5)ccn4)(C2)C3)ccc1Cl.Cc1cc(OCC(=O)CC23CC(NC(=O)c4cnc(C5CC5)cn4)(C2)C3)ccc1Cl.Cc1ccc(OCC(=O)CC23CC(Nc4cc(-c5ccc(Cl)cc5)on4)(C2)C3)cc1.Cc1ccc(OCC(=O)CC23CC(Nc4nnc(-c5ccc(Cl)cc5)o4)(C2)C3)cc1. The number of benzene rings is 6. The fourth-order valence-electron chi connectivity index (χ4n) is 20.4. The third kappa shape index (κ3) is 20.0. The number of aromatic nitrogens is 6. The average molecular weight is 1790 g/mol. The molecule has 126 heavy (non-hydrogen) atoms. The van der Waals surface area contributed by atoms with Crippen LogP contribution in [0.5, 0.6) is 23.0 Å². The molecule has 0 atom stereocenters. The summed E-state index contributed by atoms with van der Waals surface area (Å²) in [7, 11) is 0. The highest BCUT2D eigenvalue weighted by atomic mass is 35.5. The third-order valence-electron chi connectivity index (χ3n) is 26.0. The predicted molar refractivity (Wildman–Crippen MR) is 469 cm³/mol. The molecule has 0 spiro atoms. The standard InChI is InChI=1S/C26H26ClF2N3O4.C24H23ClN2O3.C23H22ClN3O3.C23H24ClN3O3/c1-15-6-19(2-3-20(15)27)36-11-18(33)10-24-12-25(13-24,14-24)32-23(35)21-7-16(4-5-30-21)22(34)31-17-8-26(28,29)9-17;1-16-2-8-20(9-3-16)29-12-19(28)11-23-13-24(14-23,15-23)26-22-10-21(30-27-22)17-4-6-18(25)7-5-17;1-15-2-8-19(9-3-15)29-11-18(28)10-22-12-23(13-22,14-22)25-21-27-26-20(30-21)16-4-6-17(24)7-5-16;1-14-6-17(4-5-18(14)24)30-10-16(28)7-22-11-23(12-22,13-22)27-21(29)20-9-25-19(8-26-20)15-2-3-15/h2-7,17H,8-14H2,1H3,(H,31,34)(H,32,35);2-10H,11-15H2,1H3,(H,26,27);2-9H,10-14H2,1H3,(H,25,27);4-6,8-9,15H,2-3,7,10-13H2,1H3,(H,27,29). The number of Topliss-reactive ketones (excluding diaryl/α,β-unsaturated/α-hetero) is 4. The molecule has 14 aliphatic carbocycles. The van der Waals surface area contributed by atoms with Crippen LogP contribution in [-0.2, 0) is 19.2 Å². The Balaban J connectivity index is 0.000000119. The van der Waals surface area contributed by atoms with E-state index < -0.39 is 23.8 Å². The van der Waals surface area contributed by atoms with Crippen LogP contribution in [0.25, 0.3) is 22.8 Å². The molecule has 24 rings (SSSR count). The highest BCUT2D eigenvalue weighted by molar-refractivity contribution is 6.32. The Morgan fingerprint density at radius 3 is 1.33 bits per heavy atom. The molecule has 30 heteroatoms. The molecule has 14 fully saturated rings. The monoisotopic (exact) mass is 1790 g/mol. The zero-order valence-electron chi connectivity index (χ0n) is 70.0. The van der Waals surface area contributed by atoms with Crippen molar-refractivity contribution in [1.29, 1.82) is 0 Å². The Bertz CT molecular complexity index is 5570. The number of aryl methyl sites for hydroxylation is 4. The van der Waals surface area contributed by atoms with Crippen LogP contribution in [0.15, 0.2) is 179 Å². The Kier molecular flexibility index (Phi) is 23.8. The van der Waals surface area contributed by atoms with E-state index in [0.717, 1.165) is 116 Å². The van der Waals surface area contributed by atoms with Crippen LogP contribution in [-0.4, -0.2) is 132 Å². The highest BCUT2D eigenvalue weighted by Gasteiger charge is 2.71. The summed E-state index contributed by atoms with van der Waals surface area (Å²) in [5.41, 5.74) is 7.15. The number of amides is 3. The second-order valence-electron chi connectivity index (χ2n) is 37.3. The first-order chi connectivity index (χ1) is 60.2. The smallest absolute Gasteiger partial charge is 0.316 e. The number of hydrogen-bond donors (Lipinski definition) is 5. The first-order valence-electron chi connectivity index (χ1n) is 42.4. The number of hydrogen-bond acceptors (Lipinski definition) is 21. The molecule has 3 amide bonds. The Morgan fingerprint density at radius 1 is 0.452 bits per heavy atom. The van der Waals surface area contributed by atoms with Gasteiger partial charge in [-0.1, -0.05) is 92.1 Å². The summed E-state index contributed by atoms with van der Waals surface area (Å²) in [6.45, 7) is 8.13. The maximum absolute atomic E-state index is 13.0. The molecule has 6 aromatic carbocycles. The van der Waals surface area contributed by atoms with Gasteiger partial charge in [-0.25, -0.2) is 13.8 Å². The van der Waals surface area contributed by atoms with Crippen LogP contribution in [0.3, 0.4) is 0 Å². The van der Waals surface area contributed by atoms with Crippen LogP contribution in [0.2, 0.25) is 20.1 Å². The van der Waals surface area contributed by atoms with E-state index in [0.29, 0.717) is 106 Å². The largest absolute Gasteiger partial charge is 0.486 e. The molecule has 5 N–H and O–H groups in total. The number of carbonyl (C=O) groups is 7. The quantitative estimate of drug-likeness (QED) is 0.0255. The number of carbonyl (C=O) groups excluding carboxylic acids is 7. The number of nitrogens with zero attached hydrogens (tertiary/aromatic N) is 6. The van der Waals surface area contributed by atoms with E-state index in [1.807, 2.05) is 125 Å². The molecule has 14 aliphatic rings. The number of ketones is 4. The molecular weight excluding hydrogens is 1690 g/mol. The van der Waals surface area contributed by atoms with Gasteiger partial charge in [-0.3, -0.25) is 43.5 Å². The third-order valence-corrected chi connectivity index (χ3v) is 27.4. The molecule has 0 aliphatic heterocycles. The fourth-order valence-corrected chi connectivity index (χ4v) is 20.9. The van der Waals surface area contributed by atoms with Crippen molar-refractivity contribution in [3.63, 3.8) is 0 Å². The summed E-state index contributed by atoms with van der Waals surface area (Å²) >= 11 is 23.9. The normalized spacial score (nSPS) is 25.0. The van der Waals surface area contributed by atoms with Gasteiger partial charge in [0, 0.05) is 128 Å². The van der Waals surface area contributed by atoms with E-state index >= 15 is 0 Å². The molecule has 0 radical (unpaired) electrons. The number of alkyl halides is 2. The maximum Gasteiger partial charge on any atom is 0.316 e. The molecule has 4 aromatic heterocycles. The van der Waals surface area contributed by atoms with Gasteiger partial charge >= 0.3 is 6.01 Å². The van der Waals surface area contributed by atoms with Crippen molar-refractivity contribution in [2.75, 3.05) is 37.1 Å². The summed E-state index contributed by atoms with van der Waals surface area (Å²) in [6.07, 6.45) is 18.6. The lowest BCUT2D eigenvalue weighted by molar-refractivity contribution is -0.163. The number of ether oxygens (including phenoxy) is 4. The van der Waals surface area contributed by atoms with Crippen molar-refractivity contribution in [3.05, 3.63) is 235 Å². The zero-order chi connectivity index (χ0) is 88.2. The molecular formula is C96H95Cl4F2N11O13. The minimum Gasteiger partial charge on any atom is -0.486 e. The molecule has 0 saturated heterocycles. The number of anilines is 2. The van der Waals surface area contributed by atoms with Crippen LogP contribution >= 0.6 is 46.4 Å². The Hall–Kier alpha value is -11.2. The first-order valence-corrected chi connectivity index (χ1v) is 43.9. The van der Waals surface area contributed by atoms with Crippen LogP contribution < -0.4 is 45.5 Å². The molecule has 8 bridgehead atoms. The van der Waals surface area contributed by atoms with Gasteiger partial charge in [-0.15, -0.1) is 5.10 Å². The lowest BCUT2D eigenvalue weighted by Gasteiger charge is -2.70.